The Bertz CT molecular complexity index is 552. The van der Waals surface area contributed by atoms with Gasteiger partial charge in [-0.2, -0.15) is 0 Å². The Morgan fingerprint density at radius 1 is 1.44 bits per heavy atom. The van der Waals surface area contributed by atoms with Crippen LogP contribution in [0.5, 0.6) is 0 Å². The zero-order chi connectivity index (χ0) is 11.5. The molecule has 82 valence electrons. The highest BCUT2D eigenvalue weighted by atomic mass is 16.1. The molecular weight excluding hydrogens is 200 g/mol. The molecule has 0 bridgehead atoms. The lowest BCUT2D eigenvalue weighted by molar-refractivity contribution is -0.114. The zero-order valence-corrected chi connectivity index (χ0v) is 9.47. The molecule has 3 heteroatoms. The summed E-state index contributed by atoms with van der Waals surface area (Å²) in [6, 6.07) is 7.89. The maximum atomic E-state index is 11.5. The number of aryl methyl sites for hydroxylation is 1. The monoisotopic (exact) mass is 214 g/mol. The number of carbonyl (C=O) groups excluding carboxylic acids is 1. The first kappa shape index (κ1) is 10.6. The Labute approximate surface area is 94.4 Å². The Morgan fingerprint density at radius 3 is 2.88 bits per heavy atom. The molecule has 0 fully saturated rings. The van der Waals surface area contributed by atoms with E-state index in [1.807, 2.05) is 42.8 Å². The number of rotatable bonds is 3. The SMILES string of the molecule is C/C=C/C(=O)Cc1nc2ccccc2n1C. The first-order valence-corrected chi connectivity index (χ1v) is 5.28. The molecule has 0 radical (unpaired) electrons. The summed E-state index contributed by atoms with van der Waals surface area (Å²) in [4.78, 5) is 15.9. The molecule has 1 heterocycles. The minimum Gasteiger partial charge on any atom is -0.331 e. The topological polar surface area (TPSA) is 34.9 Å². The lowest BCUT2D eigenvalue weighted by Crippen LogP contribution is -2.05. The van der Waals surface area contributed by atoms with Crippen molar-refractivity contribution in [2.45, 2.75) is 13.3 Å². The van der Waals surface area contributed by atoms with E-state index >= 15 is 0 Å². The average molecular weight is 214 g/mol. The van der Waals surface area contributed by atoms with Gasteiger partial charge in [0.05, 0.1) is 17.5 Å². The number of para-hydroxylation sites is 2. The lowest BCUT2D eigenvalue weighted by Gasteiger charge is -1.99. The van der Waals surface area contributed by atoms with Gasteiger partial charge in [-0.1, -0.05) is 18.2 Å². The van der Waals surface area contributed by atoms with Gasteiger partial charge in [-0.05, 0) is 25.1 Å². The van der Waals surface area contributed by atoms with E-state index in [-0.39, 0.29) is 5.78 Å². The Kier molecular flexibility index (Phi) is 2.86. The van der Waals surface area contributed by atoms with Crippen LogP contribution in [0.15, 0.2) is 36.4 Å². The molecule has 0 atom stereocenters. The number of hydrogen-bond acceptors (Lipinski definition) is 2. The summed E-state index contributed by atoms with van der Waals surface area (Å²) in [5.74, 6) is 0.894. The predicted molar refractivity (Wildman–Crippen MR) is 64.2 cm³/mol. The smallest absolute Gasteiger partial charge is 0.162 e. The molecule has 0 saturated heterocycles. The number of aromatic nitrogens is 2. The number of fused-ring (bicyclic) bond motifs is 1. The van der Waals surface area contributed by atoms with E-state index in [1.165, 1.54) is 0 Å². The van der Waals surface area contributed by atoms with Crippen molar-refractivity contribution in [3.8, 4) is 0 Å². The molecule has 2 rings (SSSR count). The van der Waals surface area contributed by atoms with E-state index in [0.717, 1.165) is 16.9 Å². The highest BCUT2D eigenvalue weighted by molar-refractivity contribution is 5.91. The van der Waals surface area contributed by atoms with Crippen LogP contribution >= 0.6 is 0 Å². The first-order chi connectivity index (χ1) is 7.72. The molecule has 0 spiro atoms. The van der Waals surface area contributed by atoms with Crippen LogP contribution in [0.3, 0.4) is 0 Å². The summed E-state index contributed by atoms with van der Waals surface area (Å²) in [6.07, 6.45) is 3.69. The van der Waals surface area contributed by atoms with E-state index in [0.29, 0.717) is 6.42 Å². The van der Waals surface area contributed by atoms with Crippen LogP contribution in [0.1, 0.15) is 12.7 Å². The Morgan fingerprint density at radius 2 is 2.19 bits per heavy atom. The van der Waals surface area contributed by atoms with Gasteiger partial charge >= 0.3 is 0 Å². The number of allylic oxidation sites excluding steroid dienone is 2. The second kappa shape index (κ2) is 4.31. The van der Waals surface area contributed by atoms with E-state index in [4.69, 9.17) is 0 Å². The van der Waals surface area contributed by atoms with Gasteiger partial charge < -0.3 is 4.57 Å². The fraction of sp³-hybridized carbons (Fsp3) is 0.231. The minimum absolute atomic E-state index is 0.0842. The highest BCUT2D eigenvalue weighted by Gasteiger charge is 2.09. The zero-order valence-electron chi connectivity index (χ0n) is 9.47. The van der Waals surface area contributed by atoms with Crippen LogP contribution in [0.2, 0.25) is 0 Å². The molecular formula is C13H14N2O. The first-order valence-electron chi connectivity index (χ1n) is 5.28. The minimum atomic E-state index is 0.0842. The highest BCUT2D eigenvalue weighted by Crippen LogP contribution is 2.14. The Hall–Kier alpha value is -1.90. The molecule has 3 nitrogen and oxygen atoms in total. The summed E-state index contributed by atoms with van der Waals surface area (Å²) in [6.45, 7) is 1.84. The van der Waals surface area contributed by atoms with Crippen molar-refractivity contribution in [3.05, 3.63) is 42.2 Å². The van der Waals surface area contributed by atoms with Crippen molar-refractivity contribution >= 4 is 16.8 Å². The molecule has 0 saturated carbocycles. The van der Waals surface area contributed by atoms with Crippen LogP contribution in [-0.4, -0.2) is 15.3 Å². The average Bonchev–Trinajstić information content (AvgIpc) is 2.57. The van der Waals surface area contributed by atoms with Gasteiger partial charge in [-0.3, -0.25) is 4.79 Å². The third kappa shape index (κ3) is 1.89. The summed E-state index contributed by atoms with van der Waals surface area (Å²) in [5.41, 5.74) is 2.00. The fourth-order valence-electron chi connectivity index (χ4n) is 1.75. The summed E-state index contributed by atoms with van der Waals surface area (Å²) in [5, 5.41) is 0. The quantitative estimate of drug-likeness (QED) is 0.734. The van der Waals surface area contributed by atoms with E-state index < -0.39 is 0 Å². The standard InChI is InChI=1S/C13H14N2O/c1-3-6-10(16)9-13-14-11-7-4-5-8-12(11)15(13)2/h3-8H,9H2,1-2H3/b6-3+. The number of imidazole rings is 1. The maximum absolute atomic E-state index is 11.5. The summed E-state index contributed by atoms with van der Waals surface area (Å²) < 4.78 is 1.97. The molecule has 0 aliphatic rings. The van der Waals surface area contributed by atoms with Crippen molar-refractivity contribution in [2.75, 3.05) is 0 Å². The normalized spacial score (nSPS) is 11.4. The second-order valence-corrected chi connectivity index (χ2v) is 3.72. The van der Waals surface area contributed by atoms with Gasteiger partial charge in [0.15, 0.2) is 5.78 Å². The van der Waals surface area contributed by atoms with Gasteiger partial charge in [0.25, 0.3) is 0 Å². The van der Waals surface area contributed by atoms with E-state index in [9.17, 15) is 4.79 Å². The number of benzene rings is 1. The maximum Gasteiger partial charge on any atom is 0.162 e. The number of hydrogen-bond donors (Lipinski definition) is 0. The van der Waals surface area contributed by atoms with Gasteiger partial charge in [-0.25, -0.2) is 4.98 Å². The largest absolute Gasteiger partial charge is 0.331 e. The molecule has 1 aromatic carbocycles. The van der Waals surface area contributed by atoms with Gasteiger partial charge in [0.2, 0.25) is 0 Å². The van der Waals surface area contributed by atoms with Gasteiger partial charge in [0.1, 0.15) is 5.82 Å². The van der Waals surface area contributed by atoms with Crippen molar-refractivity contribution in [1.29, 1.82) is 0 Å². The molecule has 0 aliphatic carbocycles. The second-order valence-electron chi connectivity index (χ2n) is 3.72. The fourth-order valence-corrected chi connectivity index (χ4v) is 1.75. The van der Waals surface area contributed by atoms with E-state index in [1.54, 1.807) is 12.2 Å². The number of carbonyl (C=O) groups is 1. The lowest BCUT2D eigenvalue weighted by atomic mass is 10.2. The molecule has 2 aromatic rings. The van der Waals surface area contributed by atoms with Crippen molar-refractivity contribution in [3.63, 3.8) is 0 Å². The molecule has 0 amide bonds. The van der Waals surface area contributed by atoms with E-state index in [2.05, 4.69) is 4.98 Å². The van der Waals surface area contributed by atoms with Crippen LogP contribution in [0, 0.1) is 0 Å². The third-order valence-corrected chi connectivity index (χ3v) is 2.56. The summed E-state index contributed by atoms with van der Waals surface area (Å²) in [7, 11) is 1.94. The van der Waals surface area contributed by atoms with Gasteiger partial charge in [-0.15, -0.1) is 0 Å². The molecule has 0 N–H and O–H groups in total. The summed E-state index contributed by atoms with van der Waals surface area (Å²) >= 11 is 0. The van der Waals surface area contributed by atoms with Crippen LogP contribution in [-0.2, 0) is 18.3 Å². The van der Waals surface area contributed by atoms with Crippen LogP contribution < -0.4 is 0 Å². The Balaban J connectivity index is 2.38. The van der Waals surface area contributed by atoms with Crippen molar-refractivity contribution in [1.82, 2.24) is 9.55 Å². The molecule has 0 unspecified atom stereocenters. The van der Waals surface area contributed by atoms with Crippen molar-refractivity contribution < 1.29 is 4.79 Å². The van der Waals surface area contributed by atoms with Gasteiger partial charge in [0, 0.05) is 7.05 Å². The predicted octanol–water partition coefficient (Wildman–Crippen LogP) is 2.26. The van der Waals surface area contributed by atoms with Crippen molar-refractivity contribution in [2.24, 2.45) is 7.05 Å². The number of ketones is 1. The third-order valence-electron chi connectivity index (χ3n) is 2.56. The number of nitrogens with zero attached hydrogens (tertiary/aromatic N) is 2. The molecule has 16 heavy (non-hydrogen) atoms. The molecule has 1 aromatic heterocycles. The molecule has 0 aliphatic heterocycles. The van der Waals surface area contributed by atoms with Crippen LogP contribution in [0.4, 0.5) is 0 Å². The van der Waals surface area contributed by atoms with Crippen LogP contribution in [0.25, 0.3) is 11.0 Å².